The normalized spacial score (nSPS) is 25.6. The van der Waals surface area contributed by atoms with Gasteiger partial charge in [0, 0.05) is 19.6 Å². The Bertz CT molecular complexity index is 1010. The highest BCUT2D eigenvalue weighted by atomic mass is 32.2. The Kier molecular flexibility index (Phi) is 6.77. The third-order valence-electron chi connectivity index (χ3n) is 5.26. The summed E-state index contributed by atoms with van der Waals surface area (Å²) in [6, 6.07) is 0. The molecule has 182 valence electrons. The number of rotatable bonds is 6. The molecule has 0 spiro atoms. The van der Waals surface area contributed by atoms with Crippen molar-refractivity contribution in [1.82, 2.24) is 25.1 Å². The van der Waals surface area contributed by atoms with Crippen LogP contribution >= 0.6 is 23.5 Å². The quantitative estimate of drug-likeness (QED) is 0.429. The molecule has 1 aromatic heterocycles. The van der Waals surface area contributed by atoms with Gasteiger partial charge in [-0.1, -0.05) is 32.5 Å². The summed E-state index contributed by atoms with van der Waals surface area (Å²) >= 11 is 2.67. The zero-order valence-corrected chi connectivity index (χ0v) is 22.1. The Morgan fingerprint density at radius 1 is 1.21 bits per heavy atom. The molecule has 2 aliphatic heterocycles. The minimum absolute atomic E-state index is 0.0474. The van der Waals surface area contributed by atoms with E-state index < -0.39 is 32.5 Å². The van der Waals surface area contributed by atoms with E-state index in [1.54, 1.807) is 55.5 Å². The van der Waals surface area contributed by atoms with Crippen LogP contribution < -0.4 is 0 Å². The van der Waals surface area contributed by atoms with E-state index in [4.69, 9.17) is 9.47 Å². The number of tetrazole rings is 1. The summed E-state index contributed by atoms with van der Waals surface area (Å²) < 4.78 is 11.6. The van der Waals surface area contributed by atoms with Crippen molar-refractivity contribution >= 4 is 41.2 Å². The predicted octanol–water partition coefficient (Wildman–Crippen LogP) is 2.55. The molecule has 0 aliphatic carbocycles. The number of fused-ring (bicyclic) bond motifs is 1. The van der Waals surface area contributed by atoms with Gasteiger partial charge in [-0.05, 0) is 43.7 Å². The number of methoxy groups -OCH3 is 1. The molecule has 1 saturated heterocycles. The summed E-state index contributed by atoms with van der Waals surface area (Å²) in [6.45, 7) is 12.6. The second kappa shape index (κ2) is 8.70. The van der Waals surface area contributed by atoms with Crippen LogP contribution in [0, 0.1) is 5.41 Å². The second-order valence-electron chi connectivity index (χ2n) is 10.1. The monoisotopic (exact) mass is 497 g/mol. The van der Waals surface area contributed by atoms with Crippen molar-refractivity contribution in [3.63, 3.8) is 0 Å². The highest BCUT2D eigenvalue weighted by Crippen LogP contribution is 2.59. The van der Waals surface area contributed by atoms with Gasteiger partial charge in [0.05, 0.1) is 12.1 Å². The van der Waals surface area contributed by atoms with Crippen LogP contribution in [0.5, 0.6) is 0 Å². The zero-order chi connectivity index (χ0) is 24.9. The lowest BCUT2D eigenvalue weighted by atomic mass is 9.84. The summed E-state index contributed by atoms with van der Waals surface area (Å²) in [4.78, 5) is 41.0. The molecular formula is C21H31N5O5S2. The number of Topliss-reactive ketones (excluding diaryl/α,β-unsaturated/α-hetero) is 1. The van der Waals surface area contributed by atoms with Crippen molar-refractivity contribution in [3.8, 4) is 0 Å². The number of aryl methyl sites for hydroxylation is 1. The van der Waals surface area contributed by atoms with E-state index in [1.165, 1.54) is 40.2 Å². The van der Waals surface area contributed by atoms with Crippen LogP contribution in [0.25, 0.3) is 0 Å². The molecule has 3 heterocycles. The Balaban J connectivity index is 2.18. The van der Waals surface area contributed by atoms with Gasteiger partial charge in [0.15, 0.2) is 11.9 Å². The summed E-state index contributed by atoms with van der Waals surface area (Å²) in [6.07, 6.45) is -0.768. The Morgan fingerprint density at radius 3 is 2.33 bits per heavy atom. The van der Waals surface area contributed by atoms with Gasteiger partial charge in [0.25, 0.3) is 5.91 Å². The average molecular weight is 498 g/mol. The number of ketones is 1. The van der Waals surface area contributed by atoms with Crippen LogP contribution in [0.3, 0.4) is 0 Å². The van der Waals surface area contributed by atoms with Crippen molar-refractivity contribution in [1.29, 1.82) is 0 Å². The van der Waals surface area contributed by atoms with Gasteiger partial charge >= 0.3 is 5.97 Å². The Morgan fingerprint density at radius 2 is 1.85 bits per heavy atom. The molecule has 1 unspecified atom stereocenters. The number of carbonyl (C=O) groups is 3. The molecule has 2 aliphatic rings. The smallest absolute Gasteiger partial charge is 0.308 e. The molecule has 0 bridgehead atoms. The molecule has 1 amide bonds. The summed E-state index contributed by atoms with van der Waals surface area (Å²) in [5, 5.41) is 11.7. The lowest BCUT2D eigenvalue weighted by Crippen LogP contribution is -2.67. The number of amides is 1. The largest absolute Gasteiger partial charge is 0.460 e. The molecule has 1 fully saturated rings. The van der Waals surface area contributed by atoms with Crippen molar-refractivity contribution in [2.24, 2.45) is 12.5 Å². The first kappa shape index (κ1) is 25.7. The highest BCUT2D eigenvalue weighted by molar-refractivity contribution is 8.18. The molecule has 0 aromatic carbocycles. The molecule has 33 heavy (non-hydrogen) atoms. The van der Waals surface area contributed by atoms with E-state index in [1.807, 2.05) is 0 Å². The van der Waals surface area contributed by atoms with Crippen LogP contribution in [-0.4, -0.2) is 71.0 Å². The van der Waals surface area contributed by atoms with Gasteiger partial charge in [0.1, 0.15) is 15.1 Å². The number of ether oxygens (including phenoxy) is 2. The fourth-order valence-electron chi connectivity index (χ4n) is 3.62. The van der Waals surface area contributed by atoms with Crippen molar-refractivity contribution < 1.29 is 23.9 Å². The van der Waals surface area contributed by atoms with Gasteiger partial charge in [-0.2, -0.15) is 0 Å². The SMILES string of the molecule is CO[C@H]1C(=O)N2C(C(=O)C(C)(C)C)=C(C)C(CC(=O)OC(C)(C)C)(Sc3nnnn3C)S[C@@H]12. The van der Waals surface area contributed by atoms with E-state index in [0.717, 1.165) is 0 Å². The van der Waals surface area contributed by atoms with E-state index in [9.17, 15) is 14.4 Å². The lowest BCUT2D eigenvalue weighted by molar-refractivity contribution is -0.160. The number of thioether (sulfide) groups is 2. The summed E-state index contributed by atoms with van der Waals surface area (Å²) in [5.74, 6) is -0.871. The molecule has 0 N–H and O–H groups in total. The number of carbonyl (C=O) groups excluding carboxylic acids is 3. The Hall–Kier alpha value is -1.92. The molecule has 0 radical (unpaired) electrons. The topological polar surface area (TPSA) is 117 Å². The first-order valence-corrected chi connectivity index (χ1v) is 12.2. The number of esters is 1. The van der Waals surface area contributed by atoms with Crippen molar-refractivity contribution in [2.45, 2.75) is 81.2 Å². The summed E-state index contributed by atoms with van der Waals surface area (Å²) in [7, 11) is 3.17. The van der Waals surface area contributed by atoms with Crippen LogP contribution in [0.2, 0.25) is 0 Å². The third-order valence-corrected chi connectivity index (χ3v) is 8.64. The molecule has 12 heteroatoms. The van der Waals surface area contributed by atoms with Crippen LogP contribution in [0.15, 0.2) is 16.4 Å². The number of nitrogens with zero attached hydrogens (tertiary/aromatic N) is 5. The van der Waals surface area contributed by atoms with Crippen LogP contribution in [0.1, 0.15) is 54.9 Å². The molecular weight excluding hydrogens is 466 g/mol. The lowest BCUT2D eigenvalue weighted by Gasteiger charge is -2.54. The standard InChI is InChI=1S/C21H31N5O5S2/c1-11-13(15(28)19(2,3)4)26-16(29)14(30-9)17(26)32-21(11,10-12(27)31-20(5,6)7)33-18-22-23-24-25(18)8/h14,17H,10H2,1-9H3/t14-,17-,21?/m0/s1. The van der Waals surface area contributed by atoms with Crippen LogP contribution in [0.4, 0.5) is 0 Å². The van der Waals surface area contributed by atoms with Gasteiger partial charge in [0.2, 0.25) is 5.16 Å². The van der Waals surface area contributed by atoms with E-state index in [2.05, 4.69) is 15.5 Å². The minimum Gasteiger partial charge on any atom is -0.460 e. The number of hydrogen-bond acceptors (Lipinski definition) is 10. The van der Waals surface area contributed by atoms with E-state index in [0.29, 0.717) is 16.4 Å². The number of hydrogen-bond donors (Lipinski definition) is 0. The maximum atomic E-state index is 13.6. The number of β-lactam (4-membered cyclic amide) rings is 1. The van der Waals surface area contributed by atoms with Crippen molar-refractivity contribution in [2.75, 3.05) is 7.11 Å². The maximum absolute atomic E-state index is 13.6. The molecule has 0 saturated carbocycles. The molecule has 10 nitrogen and oxygen atoms in total. The number of allylic oxidation sites excluding steroid dienone is 1. The predicted molar refractivity (Wildman–Crippen MR) is 124 cm³/mol. The van der Waals surface area contributed by atoms with Crippen molar-refractivity contribution in [3.05, 3.63) is 11.3 Å². The second-order valence-corrected chi connectivity index (χ2v) is 13.1. The van der Waals surface area contributed by atoms with Gasteiger partial charge in [-0.25, -0.2) is 4.68 Å². The minimum atomic E-state index is -0.986. The fourth-order valence-corrected chi connectivity index (χ4v) is 6.84. The van der Waals surface area contributed by atoms with Gasteiger partial charge in [-0.3, -0.25) is 19.3 Å². The molecule has 3 rings (SSSR count). The van der Waals surface area contributed by atoms with Gasteiger partial charge < -0.3 is 9.47 Å². The van der Waals surface area contributed by atoms with Gasteiger partial charge in [-0.15, -0.1) is 16.9 Å². The van der Waals surface area contributed by atoms with E-state index in [-0.39, 0.29) is 18.1 Å². The zero-order valence-electron chi connectivity index (χ0n) is 20.5. The molecule has 1 aromatic rings. The first-order chi connectivity index (χ1) is 15.1. The van der Waals surface area contributed by atoms with Crippen LogP contribution in [-0.2, 0) is 30.9 Å². The number of aromatic nitrogens is 4. The highest BCUT2D eigenvalue weighted by Gasteiger charge is 2.61. The average Bonchev–Trinajstić information content (AvgIpc) is 3.06. The third kappa shape index (κ3) is 4.83. The Labute approximate surface area is 202 Å². The summed E-state index contributed by atoms with van der Waals surface area (Å²) in [5.41, 5.74) is -0.513. The maximum Gasteiger partial charge on any atom is 0.308 e. The van der Waals surface area contributed by atoms with E-state index >= 15 is 0 Å². The fraction of sp³-hybridized carbons (Fsp3) is 0.714. The molecule has 3 atom stereocenters. The first-order valence-electron chi connectivity index (χ1n) is 10.5.